The van der Waals surface area contributed by atoms with E-state index in [0.717, 1.165) is 53.5 Å². The maximum atomic E-state index is 11.1. The van der Waals surface area contributed by atoms with Crippen LogP contribution in [0.4, 0.5) is 5.95 Å². The molecule has 2 bridgehead atoms. The first-order valence-electron chi connectivity index (χ1n) is 16.5. The van der Waals surface area contributed by atoms with Gasteiger partial charge in [0.1, 0.15) is 6.04 Å². The Morgan fingerprint density at radius 3 is 2.73 bits per heavy atom. The third-order valence-electron chi connectivity index (χ3n) is 15.0. The third kappa shape index (κ3) is 2.22. The fourth-order valence-electron chi connectivity index (χ4n) is 14.3. The molecule has 3 spiro atoms. The van der Waals surface area contributed by atoms with Crippen LogP contribution in [0.5, 0.6) is 0 Å². The predicted molar refractivity (Wildman–Crippen MR) is 155 cm³/mol. The zero-order chi connectivity index (χ0) is 27.0. The summed E-state index contributed by atoms with van der Waals surface area (Å²) in [6, 6.07) is 3.35. The summed E-state index contributed by atoms with van der Waals surface area (Å²) >= 11 is 0. The van der Waals surface area contributed by atoms with E-state index in [1.165, 1.54) is 68.1 Å². The molecule has 7 fully saturated rings. The van der Waals surface area contributed by atoms with Crippen molar-refractivity contribution >= 4 is 5.95 Å². The van der Waals surface area contributed by atoms with Crippen molar-refractivity contribution in [2.45, 2.75) is 95.9 Å². The number of hydrogen-bond acceptors (Lipinski definition) is 4. The van der Waals surface area contributed by atoms with Gasteiger partial charge in [-0.15, -0.1) is 0 Å². The molecule has 1 aromatic heterocycles. The highest BCUT2D eigenvalue weighted by atomic mass is 16.3. The highest BCUT2D eigenvalue weighted by Gasteiger charge is 3.05. The van der Waals surface area contributed by atoms with Crippen molar-refractivity contribution in [3.8, 4) is 0 Å². The van der Waals surface area contributed by atoms with Gasteiger partial charge >= 0.3 is 0 Å². The predicted octanol–water partition coefficient (Wildman–Crippen LogP) is 5.50. The number of aliphatic hydroxyl groups is 1. The van der Waals surface area contributed by atoms with Gasteiger partial charge in [0.05, 0.1) is 25.1 Å². The molecular weight excluding hydrogens is 492 g/mol. The molecule has 9 aliphatic rings. The molecule has 3 heterocycles. The molecule has 5 nitrogen and oxygen atoms in total. The number of nitrogens with zero attached hydrogens (tertiary/aromatic N) is 3. The van der Waals surface area contributed by atoms with Crippen LogP contribution in [-0.2, 0) is 0 Å². The Kier molecular flexibility index (Phi) is 4.11. The monoisotopic (exact) mass is 537 g/mol. The van der Waals surface area contributed by atoms with Crippen molar-refractivity contribution in [2.75, 3.05) is 18.4 Å². The van der Waals surface area contributed by atoms with E-state index in [-0.39, 0.29) is 11.5 Å². The van der Waals surface area contributed by atoms with Crippen molar-refractivity contribution < 1.29 is 9.59 Å². The van der Waals surface area contributed by atoms with E-state index in [1.807, 2.05) is 0 Å². The van der Waals surface area contributed by atoms with Gasteiger partial charge in [0, 0.05) is 41.1 Å². The minimum Gasteiger partial charge on any atom is -0.389 e. The fourth-order valence-corrected chi connectivity index (χ4v) is 14.3. The molecule has 0 radical (unpaired) electrons. The molecule has 2 N–H and O–H groups in total. The van der Waals surface area contributed by atoms with Gasteiger partial charge in [0.2, 0.25) is 5.95 Å². The van der Waals surface area contributed by atoms with Crippen molar-refractivity contribution in [3.63, 3.8) is 0 Å². The van der Waals surface area contributed by atoms with Crippen molar-refractivity contribution in [3.05, 3.63) is 52.9 Å². The minimum absolute atomic E-state index is 0.242. The van der Waals surface area contributed by atoms with Crippen LogP contribution in [0, 0.1) is 60.2 Å². The van der Waals surface area contributed by atoms with E-state index in [9.17, 15) is 5.11 Å². The summed E-state index contributed by atoms with van der Waals surface area (Å²) < 4.78 is 1.48. The van der Waals surface area contributed by atoms with Crippen LogP contribution >= 0.6 is 0 Å². The standard InChI is InChI=1S/C35H45N4O/c1-18(2)24-14-26-29-31-34-15-22-8-9-23(40)13-25(22)35(29,28(34)17-39(31,34)16-21-6-5-7-21)30-27(10-11-33(24,26)30)38-32-36-19(3)12-20(4)37-32/h8-9,12,21,23-24,26-31,40H,1,5-7,10-11,13-17H2,2-4H3,(H,36,37,38)/q+1/t23?,24-,26?,27?,28?,29?,30+,31?,33?,34?,35?,39?/m1/s1. The highest BCUT2D eigenvalue weighted by molar-refractivity contribution is 5.56. The lowest BCUT2D eigenvalue weighted by Gasteiger charge is -2.61. The van der Waals surface area contributed by atoms with E-state index in [2.05, 4.69) is 50.9 Å². The molecule has 12 atom stereocenters. The number of aliphatic hydroxyl groups excluding tert-OH is 1. The van der Waals surface area contributed by atoms with Gasteiger partial charge in [0.15, 0.2) is 5.54 Å². The number of aromatic nitrogens is 2. The van der Waals surface area contributed by atoms with Crippen LogP contribution < -0.4 is 5.32 Å². The second kappa shape index (κ2) is 6.97. The van der Waals surface area contributed by atoms with Gasteiger partial charge < -0.3 is 14.9 Å². The maximum Gasteiger partial charge on any atom is 0.223 e. The normalized spacial score (nSPS) is 53.4. The van der Waals surface area contributed by atoms with Gasteiger partial charge in [-0.25, -0.2) is 9.97 Å². The maximum absolute atomic E-state index is 11.1. The Hall–Kier alpha value is -1.98. The molecule has 210 valence electrons. The fraction of sp³-hybridized carbons (Fsp3) is 0.714. The van der Waals surface area contributed by atoms with Crippen LogP contribution in [0.1, 0.15) is 69.7 Å². The Balaban J connectivity index is 1.16. The largest absolute Gasteiger partial charge is 0.389 e. The summed E-state index contributed by atoms with van der Waals surface area (Å²) in [4.78, 5) is 9.77. The Bertz CT molecular complexity index is 1440. The second-order valence-corrected chi connectivity index (χ2v) is 16.0. The van der Waals surface area contributed by atoms with Crippen LogP contribution in [0.25, 0.3) is 0 Å². The smallest absolute Gasteiger partial charge is 0.223 e. The zero-order valence-electron chi connectivity index (χ0n) is 24.5. The Morgan fingerprint density at radius 2 is 2.00 bits per heavy atom. The number of rotatable bonds is 5. The summed E-state index contributed by atoms with van der Waals surface area (Å²) in [7, 11) is 0. The van der Waals surface area contributed by atoms with Crippen LogP contribution in [0.15, 0.2) is 41.5 Å². The molecule has 5 heteroatoms. The topological polar surface area (TPSA) is 58.0 Å². The lowest BCUT2D eigenvalue weighted by atomic mass is 9.46. The van der Waals surface area contributed by atoms with Crippen LogP contribution in [-0.4, -0.2) is 56.4 Å². The van der Waals surface area contributed by atoms with E-state index >= 15 is 0 Å². The number of fused-ring (bicyclic) bond motifs is 3. The van der Waals surface area contributed by atoms with Gasteiger partial charge in [-0.05, 0) is 94.1 Å². The quantitative estimate of drug-likeness (QED) is 0.296. The first kappa shape index (κ1) is 23.6. The van der Waals surface area contributed by atoms with Crippen molar-refractivity contribution in [1.29, 1.82) is 0 Å². The second-order valence-electron chi connectivity index (χ2n) is 16.0. The molecule has 0 aromatic carbocycles. The summed E-state index contributed by atoms with van der Waals surface area (Å²) in [5.74, 6) is 5.46. The molecule has 1 aromatic rings. The van der Waals surface area contributed by atoms with E-state index in [4.69, 9.17) is 9.97 Å². The molecule has 2 aliphatic heterocycles. The molecule has 5 saturated carbocycles. The van der Waals surface area contributed by atoms with Crippen molar-refractivity contribution in [2.24, 2.45) is 46.3 Å². The van der Waals surface area contributed by atoms with Crippen LogP contribution in [0.2, 0.25) is 0 Å². The summed E-state index contributed by atoms with van der Waals surface area (Å²) in [6.45, 7) is 14.0. The number of hydrogen-bond donors (Lipinski definition) is 2. The molecule has 40 heavy (non-hydrogen) atoms. The molecule has 10 rings (SSSR count). The van der Waals surface area contributed by atoms with E-state index < -0.39 is 0 Å². The number of aryl methyl sites for hydroxylation is 2. The van der Waals surface area contributed by atoms with E-state index in [1.54, 1.807) is 11.1 Å². The summed E-state index contributed by atoms with van der Waals surface area (Å²) in [5.41, 5.74) is 7.97. The van der Waals surface area contributed by atoms with Gasteiger partial charge in [-0.3, -0.25) is 0 Å². The first-order valence-corrected chi connectivity index (χ1v) is 16.5. The number of quaternary nitrogens is 1. The Morgan fingerprint density at radius 1 is 1.20 bits per heavy atom. The molecular formula is C35H45N4O+. The first-order chi connectivity index (χ1) is 19.3. The lowest BCUT2D eigenvalue weighted by molar-refractivity contribution is -0.906. The summed E-state index contributed by atoms with van der Waals surface area (Å²) in [6.07, 6.45) is 14.6. The third-order valence-corrected chi connectivity index (χ3v) is 15.0. The SMILES string of the molecule is C=C(C)[C@H]1CC2C3C4C56CC7=C(CC(O)C=C7)C3(C5C[N+]46CC3CCC3)[C@H]3C(Nc4nc(C)cc(C)n4)CCC213. The lowest BCUT2D eigenvalue weighted by Crippen LogP contribution is -2.69. The average molecular weight is 538 g/mol. The molecule has 0 amide bonds. The number of anilines is 1. The minimum atomic E-state index is -0.323. The summed E-state index contributed by atoms with van der Waals surface area (Å²) in [5, 5.41) is 15.1. The molecule has 7 aliphatic carbocycles. The van der Waals surface area contributed by atoms with Gasteiger partial charge in [-0.1, -0.05) is 36.3 Å². The Labute approximate surface area is 238 Å². The highest BCUT2D eigenvalue weighted by Crippen LogP contribution is 2.95. The van der Waals surface area contributed by atoms with Crippen LogP contribution in [0.3, 0.4) is 0 Å². The number of nitrogens with one attached hydrogen (secondary N) is 1. The number of allylic oxidation sites excluding steroid dienone is 2. The van der Waals surface area contributed by atoms with Crippen molar-refractivity contribution in [1.82, 2.24) is 9.97 Å². The molecule has 2 saturated heterocycles. The number of piperidine rings is 2. The van der Waals surface area contributed by atoms with Gasteiger partial charge in [-0.2, -0.15) is 0 Å². The zero-order valence-corrected chi connectivity index (χ0v) is 24.5. The average Bonchev–Trinajstić information content (AvgIpc) is 3.12. The van der Waals surface area contributed by atoms with Gasteiger partial charge in [0.25, 0.3) is 0 Å². The van der Waals surface area contributed by atoms with E-state index in [0.29, 0.717) is 28.8 Å². The molecule has 10 unspecified atom stereocenters.